The highest BCUT2D eigenvalue weighted by atomic mass is 16.2. The second-order valence-corrected chi connectivity index (χ2v) is 1.83. The largest absolute Gasteiger partial charge is 0.392 e. The number of hydrogen-bond acceptors (Lipinski definition) is 1. The van der Waals surface area contributed by atoms with Crippen LogP contribution in [-0.2, 0) is 0 Å². The van der Waals surface area contributed by atoms with Crippen LogP contribution in [0.3, 0.4) is 0 Å². The maximum Gasteiger partial charge on any atom is 0.0615 e. The van der Waals surface area contributed by atoms with Crippen LogP contribution < -0.4 is 0 Å². The molecule has 1 N–H and O–H groups in total. The van der Waals surface area contributed by atoms with Gasteiger partial charge in [0.05, 0.1) is 6.61 Å². The van der Waals surface area contributed by atoms with Gasteiger partial charge in [-0.3, -0.25) is 0 Å². The van der Waals surface area contributed by atoms with Gasteiger partial charge in [0.15, 0.2) is 0 Å². The fraction of sp³-hybridized carbons (Fsp3) is 0.333. The zero-order valence-corrected chi connectivity index (χ0v) is 6.33. The summed E-state index contributed by atoms with van der Waals surface area (Å²) in [6.45, 7) is 2.20. The molecule has 0 rings (SSSR count). The van der Waals surface area contributed by atoms with Crippen molar-refractivity contribution in [1.29, 1.82) is 0 Å². The van der Waals surface area contributed by atoms with Crippen molar-refractivity contribution in [3.8, 4) is 0 Å². The first-order valence-corrected chi connectivity index (χ1v) is 3.51. The van der Waals surface area contributed by atoms with Gasteiger partial charge in [-0.05, 0) is 6.42 Å². The van der Waals surface area contributed by atoms with E-state index in [4.69, 9.17) is 5.11 Å². The van der Waals surface area contributed by atoms with Gasteiger partial charge in [-0.15, -0.1) is 0 Å². The number of hydrogen-bond donors (Lipinski definition) is 1. The van der Waals surface area contributed by atoms with Crippen LogP contribution in [0.5, 0.6) is 0 Å². The fourth-order valence-corrected chi connectivity index (χ4v) is 0.482. The van der Waals surface area contributed by atoms with Gasteiger partial charge in [-0.25, -0.2) is 0 Å². The third kappa shape index (κ3) is 7.18. The molecular weight excluding hydrogens is 124 g/mol. The number of aliphatic hydroxyl groups excluding tert-OH is 1. The Kier molecular flexibility index (Phi) is 7.51. The molecule has 0 spiro atoms. The average Bonchev–Trinajstić information content (AvgIpc) is 1.97. The van der Waals surface area contributed by atoms with Crippen LogP contribution in [0.15, 0.2) is 36.5 Å². The lowest BCUT2D eigenvalue weighted by atomic mass is 10.3. The third-order valence-corrected chi connectivity index (χ3v) is 0.947. The van der Waals surface area contributed by atoms with Gasteiger partial charge in [0.25, 0.3) is 0 Å². The maximum atomic E-state index is 8.33. The summed E-state index contributed by atoms with van der Waals surface area (Å²) < 4.78 is 0. The minimum atomic E-state index is 0.113. The van der Waals surface area contributed by atoms with E-state index in [0.29, 0.717) is 0 Å². The topological polar surface area (TPSA) is 20.2 Å². The van der Waals surface area contributed by atoms with Crippen molar-refractivity contribution in [3.05, 3.63) is 36.5 Å². The maximum absolute atomic E-state index is 8.33. The Labute approximate surface area is 62.4 Å². The highest BCUT2D eigenvalue weighted by Crippen LogP contribution is 1.82. The summed E-state index contributed by atoms with van der Waals surface area (Å²) >= 11 is 0. The molecule has 0 saturated heterocycles. The van der Waals surface area contributed by atoms with Crippen molar-refractivity contribution in [2.45, 2.75) is 13.3 Å². The van der Waals surface area contributed by atoms with E-state index >= 15 is 0 Å². The van der Waals surface area contributed by atoms with E-state index in [0.717, 1.165) is 6.42 Å². The molecule has 0 aliphatic heterocycles. The molecule has 0 aromatic rings. The molecule has 0 fully saturated rings. The lowest BCUT2D eigenvalue weighted by Gasteiger charge is -1.75. The van der Waals surface area contributed by atoms with Gasteiger partial charge in [0.2, 0.25) is 0 Å². The van der Waals surface area contributed by atoms with E-state index in [-0.39, 0.29) is 6.61 Å². The minimum absolute atomic E-state index is 0.113. The molecule has 0 aliphatic carbocycles. The van der Waals surface area contributed by atoms with Crippen molar-refractivity contribution in [2.24, 2.45) is 0 Å². The Morgan fingerprint density at radius 2 is 1.60 bits per heavy atom. The van der Waals surface area contributed by atoms with Gasteiger partial charge in [-0.2, -0.15) is 0 Å². The Balaban J connectivity index is 3.37. The molecule has 10 heavy (non-hydrogen) atoms. The molecule has 1 heteroatoms. The Bertz CT molecular complexity index is 116. The Morgan fingerprint density at radius 1 is 1.00 bits per heavy atom. The van der Waals surface area contributed by atoms with Gasteiger partial charge in [0, 0.05) is 0 Å². The molecule has 0 aliphatic rings. The van der Waals surface area contributed by atoms with Gasteiger partial charge >= 0.3 is 0 Å². The first-order valence-electron chi connectivity index (χ1n) is 3.51. The predicted molar refractivity (Wildman–Crippen MR) is 44.8 cm³/mol. The molecule has 0 unspecified atom stereocenters. The van der Waals surface area contributed by atoms with Crippen molar-refractivity contribution in [2.75, 3.05) is 6.61 Å². The van der Waals surface area contributed by atoms with Crippen LogP contribution in [0, 0.1) is 0 Å². The van der Waals surface area contributed by atoms with Crippen molar-refractivity contribution < 1.29 is 5.11 Å². The molecule has 0 aromatic carbocycles. The van der Waals surface area contributed by atoms with Crippen LogP contribution in [0.4, 0.5) is 0 Å². The van der Waals surface area contributed by atoms with E-state index in [1.54, 1.807) is 6.08 Å². The lowest BCUT2D eigenvalue weighted by molar-refractivity contribution is 0.343. The molecule has 1 nitrogen and oxygen atoms in total. The third-order valence-electron chi connectivity index (χ3n) is 0.947. The summed E-state index contributed by atoms with van der Waals surface area (Å²) in [4.78, 5) is 0. The Hall–Kier alpha value is -0.820. The van der Waals surface area contributed by atoms with Crippen LogP contribution >= 0.6 is 0 Å². The molecule has 0 heterocycles. The summed E-state index contributed by atoms with van der Waals surface area (Å²) in [5.74, 6) is 0. The van der Waals surface area contributed by atoms with Gasteiger partial charge in [-0.1, -0.05) is 43.4 Å². The van der Waals surface area contributed by atoms with Crippen molar-refractivity contribution in [3.63, 3.8) is 0 Å². The summed E-state index contributed by atoms with van der Waals surface area (Å²) in [5, 5.41) is 8.33. The molecule has 0 bridgehead atoms. The zero-order chi connectivity index (χ0) is 7.66. The van der Waals surface area contributed by atoms with Crippen LogP contribution in [0.2, 0.25) is 0 Å². The molecule has 0 amide bonds. The summed E-state index contributed by atoms with van der Waals surface area (Å²) in [7, 11) is 0. The van der Waals surface area contributed by atoms with E-state index in [1.807, 2.05) is 24.3 Å². The quantitative estimate of drug-likeness (QED) is 0.589. The molecule has 0 radical (unpaired) electrons. The highest BCUT2D eigenvalue weighted by molar-refractivity contribution is 5.10. The monoisotopic (exact) mass is 138 g/mol. The Morgan fingerprint density at radius 3 is 2.10 bits per heavy atom. The number of allylic oxidation sites excluding steroid dienone is 5. The molecule has 0 atom stereocenters. The molecule has 56 valence electrons. The molecular formula is C9H14O. The SMILES string of the molecule is CC\C=C/C=C/C=C/CO. The van der Waals surface area contributed by atoms with Crippen molar-refractivity contribution >= 4 is 0 Å². The van der Waals surface area contributed by atoms with Crippen molar-refractivity contribution in [1.82, 2.24) is 0 Å². The fourth-order valence-electron chi connectivity index (χ4n) is 0.482. The summed E-state index contributed by atoms with van der Waals surface area (Å²) in [6, 6.07) is 0. The highest BCUT2D eigenvalue weighted by Gasteiger charge is 1.63. The first-order chi connectivity index (χ1) is 4.91. The summed E-state index contributed by atoms with van der Waals surface area (Å²) in [6.07, 6.45) is 12.5. The lowest BCUT2D eigenvalue weighted by Crippen LogP contribution is -1.67. The van der Waals surface area contributed by atoms with Crippen LogP contribution in [0.1, 0.15) is 13.3 Å². The number of rotatable bonds is 4. The predicted octanol–water partition coefficient (Wildman–Crippen LogP) is 2.06. The minimum Gasteiger partial charge on any atom is -0.392 e. The smallest absolute Gasteiger partial charge is 0.0615 e. The molecule has 0 aromatic heterocycles. The van der Waals surface area contributed by atoms with E-state index < -0.39 is 0 Å². The first kappa shape index (κ1) is 9.18. The second kappa shape index (κ2) is 8.18. The second-order valence-electron chi connectivity index (χ2n) is 1.83. The standard InChI is InChI=1S/C9H14O/c1-2-3-4-5-6-7-8-9-10/h3-8,10H,2,9H2,1H3/b4-3-,6-5+,8-7+. The van der Waals surface area contributed by atoms with Crippen LogP contribution in [-0.4, -0.2) is 11.7 Å². The van der Waals surface area contributed by atoms with E-state index in [1.165, 1.54) is 0 Å². The normalized spacial score (nSPS) is 12.6. The summed E-state index contributed by atoms with van der Waals surface area (Å²) in [5.41, 5.74) is 0. The van der Waals surface area contributed by atoms with Gasteiger partial charge in [0.1, 0.15) is 0 Å². The average molecular weight is 138 g/mol. The van der Waals surface area contributed by atoms with Crippen LogP contribution in [0.25, 0.3) is 0 Å². The van der Waals surface area contributed by atoms with E-state index in [2.05, 4.69) is 13.0 Å². The number of aliphatic hydroxyl groups is 1. The molecule has 0 saturated carbocycles. The van der Waals surface area contributed by atoms with E-state index in [9.17, 15) is 0 Å². The van der Waals surface area contributed by atoms with Gasteiger partial charge < -0.3 is 5.11 Å². The zero-order valence-electron chi connectivity index (χ0n) is 6.33.